The van der Waals surface area contributed by atoms with Gasteiger partial charge in [-0.25, -0.2) is 4.39 Å². The maximum absolute atomic E-state index is 13.0. The van der Waals surface area contributed by atoms with E-state index in [0.29, 0.717) is 6.04 Å². The summed E-state index contributed by atoms with van der Waals surface area (Å²) in [5.41, 5.74) is 1.13. The molecule has 1 saturated heterocycles. The summed E-state index contributed by atoms with van der Waals surface area (Å²) >= 11 is 1.69. The molecule has 1 aromatic heterocycles. The van der Waals surface area contributed by atoms with Gasteiger partial charge in [-0.05, 0) is 56.2 Å². The molecule has 156 valence electrons. The van der Waals surface area contributed by atoms with Crippen molar-refractivity contribution in [1.82, 2.24) is 20.5 Å². The van der Waals surface area contributed by atoms with Crippen molar-refractivity contribution in [3.05, 3.63) is 60.2 Å². The van der Waals surface area contributed by atoms with Crippen LogP contribution in [0.3, 0.4) is 0 Å². The van der Waals surface area contributed by atoms with Crippen LogP contribution in [0.15, 0.2) is 58.5 Å². The lowest BCUT2D eigenvalue weighted by molar-refractivity contribution is 0.196. The molecule has 2 heterocycles. The number of pyridine rings is 1. The molecule has 5 nitrogen and oxygen atoms in total. The van der Waals surface area contributed by atoms with Crippen molar-refractivity contribution in [1.29, 1.82) is 0 Å². The Hall–Kier alpha value is -2.12. The maximum Gasteiger partial charge on any atom is 0.191 e. The van der Waals surface area contributed by atoms with Crippen LogP contribution in [0.1, 0.15) is 25.5 Å². The van der Waals surface area contributed by atoms with Crippen LogP contribution in [0.2, 0.25) is 0 Å². The maximum atomic E-state index is 13.0. The number of benzene rings is 1. The average Bonchev–Trinajstić information content (AvgIpc) is 2.75. The van der Waals surface area contributed by atoms with Crippen molar-refractivity contribution < 1.29 is 4.39 Å². The van der Waals surface area contributed by atoms with Crippen LogP contribution in [0, 0.1) is 5.82 Å². The first-order chi connectivity index (χ1) is 14.2. The average molecular weight is 416 g/mol. The van der Waals surface area contributed by atoms with Gasteiger partial charge < -0.3 is 10.6 Å². The molecular weight excluding hydrogens is 385 g/mol. The van der Waals surface area contributed by atoms with Gasteiger partial charge in [0.2, 0.25) is 0 Å². The number of hydrogen-bond donors (Lipinski definition) is 2. The first-order valence-electron chi connectivity index (χ1n) is 10.3. The Kier molecular flexibility index (Phi) is 8.77. The molecule has 1 fully saturated rings. The highest BCUT2D eigenvalue weighted by molar-refractivity contribution is 7.99. The minimum absolute atomic E-state index is 0.197. The van der Waals surface area contributed by atoms with Gasteiger partial charge in [-0.15, -0.1) is 11.8 Å². The van der Waals surface area contributed by atoms with Gasteiger partial charge >= 0.3 is 0 Å². The molecule has 1 aromatic carbocycles. The van der Waals surface area contributed by atoms with E-state index in [1.165, 1.54) is 12.1 Å². The molecule has 0 unspecified atom stereocenters. The topological polar surface area (TPSA) is 52.6 Å². The predicted octanol–water partition coefficient (Wildman–Crippen LogP) is 3.53. The molecule has 1 aliphatic heterocycles. The van der Waals surface area contributed by atoms with Crippen molar-refractivity contribution >= 4 is 17.7 Å². The number of guanidine groups is 1. The number of aliphatic imine (C=N–C) groups is 1. The summed E-state index contributed by atoms with van der Waals surface area (Å²) in [6.07, 6.45) is 4.06. The van der Waals surface area contributed by atoms with E-state index in [1.54, 1.807) is 11.8 Å². The number of hydrogen-bond acceptors (Lipinski definition) is 4. The van der Waals surface area contributed by atoms with Crippen LogP contribution >= 0.6 is 11.8 Å². The fourth-order valence-corrected chi connectivity index (χ4v) is 4.07. The summed E-state index contributed by atoms with van der Waals surface area (Å²) in [4.78, 5) is 12.7. The lowest BCUT2D eigenvalue weighted by Gasteiger charge is -2.32. The van der Waals surface area contributed by atoms with Crippen molar-refractivity contribution in [2.24, 2.45) is 4.99 Å². The van der Waals surface area contributed by atoms with Crippen molar-refractivity contribution in [3.8, 4) is 0 Å². The molecule has 1 aliphatic rings. The zero-order chi connectivity index (χ0) is 20.3. The number of thioether (sulfide) groups is 1. The van der Waals surface area contributed by atoms with Crippen LogP contribution in [-0.4, -0.2) is 53.8 Å². The standard InChI is InChI=1S/C22H30FN5S/c1-2-24-22(26-13-16-29-21-8-6-18(23)7-9-21)27-19-10-14-28(15-11-19)17-20-5-3-4-12-25-20/h3-9,12,19H,2,10-11,13-17H2,1H3,(H2,24,26,27). The molecule has 0 amide bonds. The van der Waals surface area contributed by atoms with Gasteiger partial charge in [0, 0.05) is 49.1 Å². The fourth-order valence-electron chi connectivity index (χ4n) is 3.32. The Balaban J connectivity index is 1.40. The van der Waals surface area contributed by atoms with E-state index in [0.717, 1.165) is 67.9 Å². The van der Waals surface area contributed by atoms with Crippen LogP contribution in [0.4, 0.5) is 4.39 Å². The van der Waals surface area contributed by atoms with Gasteiger partial charge in [-0.1, -0.05) is 6.07 Å². The van der Waals surface area contributed by atoms with Crippen molar-refractivity contribution in [2.75, 3.05) is 31.9 Å². The number of likely N-dealkylation sites (tertiary alicyclic amines) is 1. The Labute approximate surface area is 177 Å². The third-order valence-corrected chi connectivity index (χ3v) is 5.82. The Bertz CT molecular complexity index is 746. The number of aromatic nitrogens is 1. The molecule has 0 atom stereocenters. The van der Waals surface area contributed by atoms with Gasteiger partial charge in [-0.3, -0.25) is 14.9 Å². The zero-order valence-corrected chi connectivity index (χ0v) is 17.8. The molecule has 0 bridgehead atoms. The van der Waals surface area contributed by atoms with E-state index >= 15 is 0 Å². The smallest absolute Gasteiger partial charge is 0.191 e. The molecule has 2 aromatic rings. The first-order valence-corrected chi connectivity index (χ1v) is 11.3. The SMILES string of the molecule is CCNC(=NCCSc1ccc(F)cc1)NC1CCN(Cc2ccccn2)CC1. The molecule has 0 aliphatic carbocycles. The highest BCUT2D eigenvalue weighted by atomic mass is 32.2. The van der Waals surface area contributed by atoms with E-state index in [1.807, 2.05) is 30.5 Å². The first kappa shape index (κ1) is 21.6. The largest absolute Gasteiger partial charge is 0.357 e. The number of nitrogens with zero attached hydrogens (tertiary/aromatic N) is 3. The normalized spacial score (nSPS) is 16.0. The lowest BCUT2D eigenvalue weighted by Crippen LogP contribution is -2.48. The summed E-state index contributed by atoms with van der Waals surface area (Å²) in [6, 6.07) is 13.2. The third-order valence-electron chi connectivity index (χ3n) is 4.83. The van der Waals surface area contributed by atoms with Crippen molar-refractivity contribution in [2.45, 2.75) is 37.2 Å². The zero-order valence-electron chi connectivity index (χ0n) is 17.0. The second-order valence-corrected chi connectivity index (χ2v) is 8.25. The second-order valence-electron chi connectivity index (χ2n) is 7.08. The van der Waals surface area contributed by atoms with E-state index < -0.39 is 0 Å². The molecular formula is C22H30FN5S. The number of nitrogens with one attached hydrogen (secondary N) is 2. The monoisotopic (exact) mass is 415 g/mol. The molecule has 7 heteroatoms. The lowest BCUT2D eigenvalue weighted by atomic mass is 10.0. The number of rotatable bonds is 8. The quantitative estimate of drug-likeness (QED) is 0.299. The van der Waals surface area contributed by atoms with Crippen LogP contribution in [0.25, 0.3) is 0 Å². The van der Waals surface area contributed by atoms with Gasteiger partial charge in [0.05, 0.1) is 12.2 Å². The van der Waals surface area contributed by atoms with Gasteiger partial charge in [-0.2, -0.15) is 0 Å². The highest BCUT2D eigenvalue weighted by Crippen LogP contribution is 2.17. The fraction of sp³-hybridized carbons (Fsp3) is 0.455. The summed E-state index contributed by atoms with van der Waals surface area (Å²) in [6.45, 7) is 6.69. The van der Waals surface area contributed by atoms with E-state index in [2.05, 4.69) is 33.5 Å². The Morgan fingerprint density at radius 2 is 2.00 bits per heavy atom. The van der Waals surface area contributed by atoms with Crippen LogP contribution < -0.4 is 10.6 Å². The Morgan fingerprint density at radius 1 is 1.21 bits per heavy atom. The number of piperidine rings is 1. The van der Waals surface area contributed by atoms with Crippen molar-refractivity contribution in [3.63, 3.8) is 0 Å². The van der Waals surface area contributed by atoms with Gasteiger partial charge in [0.15, 0.2) is 5.96 Å². The van der Waals surface area contributed by atoms with Crippen LogP contribution in [-0.2, 0) is 6.54 Å². The third kappa shape index (κ3) is 7.66. The highest BCUT2D eigenvalue weighted by Gasteiger charge is 2.20. The Morgan fingerprint density at radius 3 is 2.69 bits per heavy atom. The van der Waals surface area contributed by atoms with Gasteiger partial charge in [0.25, 0.3) is 0 Å². The van der Waals surface area contributed by atoms with E-state index in [4.69, 9.17) is 4.99 Å². The second kappa shape index (κ2) is 11.8. The molecule has 29 heavy (non-hydrogen) atoms. The molecule has 3 rings (SSSR count). The van der Waals surface area contributed by atoms with E-state index in [9.17, 15) is 4.39 Å². The van der Waals surface area contributed by atoms with Gasteiger partial charge in [0.1, 0.15) is 5.82 Å². The summed E-state index contributed by atoms with van der Waals surface area (Å²) in [5, 5.41) is 6.93. The molecule has 0 saturated carbocycles. The summed E-state index contributed by atoms with van der Waals surface area (Å²) in [7, 11) is 0. The molecule has 0 radical (unpaired) electrons. The van der Waals surface area contributed by atoms with Crippen LogP contribution in [0.5, 0.6) is 0 Å². The number of halogens is 1. The minimum Gasteiger partial charge on any atom is -0.357 e. The molecule has 0 spiro atoms. The summed E-state index contributed by atoms with van der Waals surface area (Å²) in [5.74, 6) is 1.55. The predicted molar refractivity (Wildman–Crippen MR) is 119 cm³/mol. The minimum atomic E-state index is -0.197. The molecule has 2 N–H and O–H groups in total. The summed E-state index contributed by atoms with van der Waals surface area (Å²) < 4.78 is 13.0. The van der Waals surface area contributed by atoms with E-state index in [-0.39, 0.29) is 5.82 Å².